The van der Waals surface area contributed by atoms with Crippen LogP contribution in [0.1, 0.15) is 18.3 Å². The van der Waals surface area contributed by atoms with E-state index in [1.807, 2.05) is 0 Å². The topological polar surface area (TPSA) is 107 Å². The number of benzene rings is 1. The van der Waals surface area contributed by atoms with Crippen molar-refractivity contribution in [2.24, 2.45) is 0 Å². The van der Waals surface area contributed by atoms with Gasteiger partial charge in [0.25, 0.3) is 5.56 Å². The number of carbonyl (C=O) groups is 2. The smallest absolute Gasteiger partial charge is 0.264 e. The fourth-order valence-corrected chi connectivity index (χ4v) is 2.85. The molecule has 8 heteroatoms. The molecule has 2 amide bonds. The number of amides is 2. The lowest BCUT2D eigenvalue weighted by molar-refractivity contribution is -0.135. The summed E-state index contributed by atoms with van der Waals surface area (Å²) in [5.74, 6) is -0.730. The van der Waals surface area contributed by atoms with Crippen molar-refractivity contribution in [2.45, 2.75) is 25.2 Å². The molecule has 0 spiro atoms. The lowest BCUT2D eigenvalue weighted by Gasteiger charge is -2.28. The molecule has 0 aliphatic carbocycles. The van der Waals surface area contributed by atoms with Crippen LogP contribution >= 0.6 is 0 Å². The van der Waals surface area contributed by atoms with Crippen LogP contribution in [0.4, 0.5) is 5.69 Å². The van der Waals surface area contributed by atoms with Gasteiger partial charge in [-0.25, -0.2) is 4.98 Å². The van der Waals surface area contributed by atoms with Crippen molar-refractivity contribution in [1.82, 2.24) is 14.9 Å². The van der Waals surface area contributed by atoms with E-state index >= 15 is 0 Å². The van der Waals surface area contributed by atoms with Gasteiger partial charge in [-0.3, -0.25) is 24.3 Å². The van der Waals surface area contributed by atoms with E-state index in [-0.39, 0.29) is 23.7 Å². The van der Waals surface area contributed by atoms with Gasteiger partial charge in [-0.2, -0.15) is 0 Å². The molecule has 1 aromatic heterocycles. The van der Waals surface area contributed by atoms with Crippen molar-refractivity contribution >= 4 is 36.3 Å². The molecule has 7 nitrogen and oxygen atoms in total. The minimum Gasteiger partial charge on any atom is -0.398 e. The van der Waals surface area contributed by atoms with Gasteiger partial charge in [0, 0.05) is 11.5 Å². The number of nitrogens with two attached hydrogens (primary N) is 1. The number of hydrogen-bond acceptors (Lipinski definition) is 5. The highest BCUT2D eigenvalue weighted by atomic mass is 16.2. The zero-order valence-corrected chi connectivity index (χ0v) is 12.3. The number of aryl methyl sites for hydroxylation is 1. The number of fused-ring (bicyclic) bond motifs is 1. The summed E-state index contributed by atoms with van der Waals surface area (Å²) in [6.45, 7) is 1.67. The number of imide groups is 1. The molecule has 3 rings (SSSR count). The molecule has 2 heterocycles. The Morgan fingerprint density at radius 1 is 1.32 bits per heavy atom. The van der Waals surface area contributed by atoms with Crippen LogP contribution in [0.2, 0.25) is 5.82 Å². The van der Waals surface area contributed by atoms with Gasteiger partial charge in [-0.15, -0.1) is 0 Å². The molecule has 0 radical (unpaired) electrons. The maximum absolute atomic E-state index is 12.8. The van der Waals surface area contributed by atoms with Gasteiger partial charge in [0.1, 0.15) is 19.7 Å². The van der Waals surface area contributed by atoms with E-state index in [4.69, 9.17) is 5.73 Å². The van der Waals surface area contributed by atoms with E-state index in [1.54, 1.807) is 33.0 Å². The predicted molar refractivity (Wildman–Crippen MR) is 84.3 cm³/mol. The minimum atomic E-state index is -0.753. The first kappa shape index (κ1) is 14.3. The standard InChI is InChI=1S/C14H15BN4O3/c1-6-17-9-4-2-3-8(16)11(9)14(22)19(6)10-5-7(15)12(20)18-13(10)21/h2-4,7,10H,5,15-16H2,1H3,(H,18,20,21). The fraction of sp³-hybridized carbons (Fsp3) is 0.286. The van der Waals surface area contributed by atoms with Crippen LogP contribution < -0.4 is 16.6 Å². The quantitative estimate of drug-likeness (QED) is 0.411. The van der Waals surface area contributed by atoms with Crippen LogP contribution in [0.5, 0.6) is 0 Å². The molecule has 2 atom stereocenters. The molecule has 0 saturated carbocycles. The number of carbonyl (C=O) groups excluding carboxylic acids is 2. The molecule has 2 aromatic rings. The second-order valence-electron chi connectivity index (χ2n) is 5.58. The lowest BCUT2D eigenvalue weighted by Crippen LogP contribution is -2.47. The van der Waals surface area contributed by atoms with E-state index in [0.29, 0.717) is 22.4 Å². The Morgan fingerprint density at radius 3 is 2.77 bits per heavy atom. The van der Waals surface area contributed by atoms with E-state index in [1.165, 1.54) is 4.57 Å². The van der Waals surface area contributed by atoms with Gasteiger partial charge in [-0.1, -0.05) is 6.07 Å². The lowest BCUT2D eigenvalue weighted by atomic mass is 9.78. The van der Waals surface area contributed by atoms with Crippen molar-refractivity contribution in [3.05, 3.63) is 34.4 Å². The van der Waals surface area contributed by atoms with Gasteiger partial charge in [0.05, 0.1) is 10.9 Å². The summed E-state index contributed by atoms with van der Waals surface area (Å²) in [6, 6.07) is 4.30. The Hall–Kier alpha value is -2.64. The second kappa shape index (κ2) is 4.97. The highest BCUT2D eigenvalue weighted by Crippen LogP contribution is 2.26. The Kier molecular flexibility index (Phi) is 3.24. The molecule has 1 fully saturated rings. The molecule has 0 bridgehead atoms. The van der Waals surface area contributed by atoms with Crippen molar-refractivity contribution in [1.29, 1.82) is 0 Å². The van der Waals surface area contributed by atoms with Crippen molar-refractivity contribution in [3.8, 4) is 0 Å². The van der Waals surface area contributed by atoms with Gasteiger partial charge < -0.3 is 5.73 Å². The van der Waals surface area contributed by atoms with Crippen LogP contribution in [0.25, 0.3) is 10.9 Å². The summed E-state index contributed by atoms with van der Waals surface area (Å²) in [5.41, 5.74) is 6.34. The number of rotatable bonds is 1. The zero-order valence-electron chi connectivity index (χ0n) is 12.3. The number of nitrogens with zero attached hydrogens (tertiary/aromatic N) is 2. The molecule has 112 valence electrons. The highest BCUT2D eigenvalue weighted by molar-refractivity contribution is 6.26. The maximum atomic E-state index is 12.8. The third-order valence-corrected chi connectivity index (χ3v) is 4.02. The van der Waals surface area contributed by atoms with Crippen LogP contribution in [-0.2, 0) is 9.59 Å². The van der Waals surface area contributed by atoms with E-state index in [2.05, 4.69) is 10.3 Å². The summed E-state index contributed by atoms with van der Waals surface area (Å²) < 4.78 is 1.33. The molecular formula is C14H15BN4O3. The normalized spacial score (nSPS) is 21.9. The third kappa shape index (κ3) is 2.07. The van der Waals surface area contributed by atoms with E-state index in [9.17, 15) is 14.4 Å². The molecule has 1 aliphatic rings. The van der Waals surface area contributed by atoms with Gasteiger partial charge in [0.2, 0.25) is 11.8 Å². The van der Waals surface area contributed by atoms with Crippen LogP contribution in [-0.4, -0.2) is 29.2 Å². The average Bonchev–Trinajstić information content (AvgIpc) is 2.44. The number of hydrogen-bond donors (Lipinski definition) is 2. The van der Waals surface area contributed by atoms with Crippen molar-refractivity contribution in [3.63, 3.8) is 0 Å². The first-order valence-corrected chi connectivity index (χ1v) is 7.02. The van der Waals surface area contributed by atoms with E-state index in [0.717, 1.165) is 0 Å². The second-order valence-corrected chi connectivity index (χ2v) is 5.58. The Morgan fingerprint density at radius 2 is 2.05 bits per heavy atom. The van der Waals surface area contributed by atoms with Crippen LogP contribution in [0, 0.1) is 6.92 Å². The number of aromatic nitrogens is 2. The third-order valence-electron chi connectivity index (χ3n) is 4.02. The van der Waals surface area contributed by atoms with Crippen molar-refractivity contribution < 1.29 is 9.59 Å². The summed E-state index contributed by atoms with van der Waals surface area (Å²) in [5, 5.41) is 2.59. The average molecular weight is 298 g/mol. The largest absolute Gasteiger partial charge is 0.398 e. The summed E-state index contributed by atoms with van der Waals surface area (Å²) in [7, 11) is 1.72. The Bertz CT molecular complexity index is 861. The summed E-state index contributed by atoms with van der Waals surface area (Å²) >= 11 is 0. The highest BCUT2D eigenvalue weighted by Gasteiger charge is 2.34. The molecular weight excluding hydrogens is 283 g/mol. The number of piperidine rings is 1. The monoisotopic (exact) mass is 298 g/mol. The number of nitrogen functional groups attached to an aromatic ring is 1. The molecule has 1 aromatic carbocycles. The molecule has 1 saturated heterocycles. The number of anilines is 1. The number of nitrogens with one attached hydrogen (secondary N) is 1. The Balaban J connectivity index is 2.23. The SMILES string of the molecule is BC1CC(n2c(C)nc3cccc(N)c3c2=O)C(=O)NC1=O. The molecule has 22 heavy (non-hydrogen) atoms. The zero-order chi connectivity index (χ0) is 16.0. The van der Waals surface area contributed by atoms with Gasteiger partial charge in [-0.05, 0) is 25.5 Å². The summed E-state index contributed by atoms with van der Waals surface area (Å²) in [6.07, 6.45) is 0.269. The Labute approximate surface area is 126 Å². The first-order valence-electron chi connectivity index (χ1n) is 7.02. The maximum Gasteiger partial charge on any atom is 0.264 e. The first-order chi connectivity index (χ1) is 10.4. The molecule has 2 unspecified atom stereocenters. The van der Waals surface area contributed by atoms with Gasteiger partial charge >= 0.3 is 0 Å². The fourth-order valence-electron chi connectivity index (χ4n) is 2.85. The minimum absolute atomic E-state index is 0.269. The summed E-state index contributed by atoms with van der Waals surface area (Å²) in [4.78, 5) is 40.8. The van der Waals surface area contributed by atoms with Crippen molar-refractivity contribution in [2.75, 3.05) is 5.73 Å². The predicted octanol–water partition coefficient (Wildman–Crippen LogP) is -0.704. The van der Waals surface area contributed by atoms with Crippen LogP contribution in [0.3, 0.4) is 0 Å². The molecule has 1 aliphatic heterocycles. The molecule has 3 N–H and O–H groups in total. The van der Waals surface area contributed by atoms with E-state index < -0.39 is 11.9 Å². The van der Waals surface area contributed by atoms with Crippen LogP contribution in [0.15, 0.2) is 23.0 Å². The van der Waals surface area contributed by atoms with Gasteiger partial charge in [0.15, 0.2) is 0 Å².